The number of nitrogens with zero attached hydrogens (tertiary/aromatic N) is 3. The van der Waals surface area contributed by atoms with E-state index >= 15 is 0 Å². The number of urea groups is 1. The monoisotopic (exact) mass is 298 g/mol. The minimum Gasteiger partial charge on any atom is -0.480 e. The maximum Gasteiger partial charge on any atom is 0.320 e. The second-order valence-corrected chi connectivity index (χ2v) is 5.57. The molecule has 2 aliphatic rings. The van der Waals surface area contributed by atoms with Crippen LogP contribution < -0.4 is 5.32 Å². The first-order chi connectivity index (χ1) is 9.95. The van der Waals surface area contributed by atoms with Gasteiger partial charge in [-0.1, -0.05) is 0 Å². The van der Waals surface area contributed by atoms with Crippen LogP contribution in [0.5, 0.6) is 0 Å². The highest BCUT2D eigenvalue weighted by atomic mass is 16.4. The highest BCUT2D eigenvalue weighted by molar-refractivity contribution is 5.76. The Balaban J connectivity index is 1.77. The van der Waals surface area contributed by atoms with Gasteiger partial charge in [0, 0.05) is 52.2 Å². The Kier molecular flexibility index (Phi) is 5.00. The summed E-state index contributed by atoms with van der Waals surface area (Å²) in [6.07, 6.45) is 0.782. The molecule has 2 heterocycles. The summed E-state index contributed by atoms with van der Waals surface area (Å²) in [6.45, 7) is 4.97. The second-order valence-electron chi connectivity index (χ2n) is 5.57. The number of aliphatic carboxylic acids is 1. The first-order valence-corrected chi connectivity index (χ1v) is 7.21. The van der Waals surface area contributed by atoms with Crippen molar-refractivity contribution in [1.82, 2.24) is 20.0 Å². The summed E-state index contributed by atoms with van der Waals surface area (Å²) in [6, 6.07) is 0.0255. The summed E-state index contributed by atoms with van der Waals surface area (Å²) in [4.78, 5) is 39.4. The first kappa shape index (κ1) is 15.6. The fourth-order valence-corrected chi connectivity index (χ4v) is 2.83. The molecule has 2 N–H and O–H groups in total. The van der Waals surface area contributed by atoms with Crippen LogP contribution in [0.25, 0.3) is 0 Å². The third-order valence-corrected chi connectivity index (χ3v) is 3.87. The van der Waals surface area contributed by atoms with Gasteiger partial charge in [-0.2, -0.15) is 0 Å². The SMILES string of the molecule is CC(=O)NC1CCN(C(=O)N2CCN(CC(=O)O)CC2)C1. The van der Waals surface area contributed by atoms with Crippen LogP contribution in [0.1, 0.15) is 13.3 Å². The number of likely N-dealkylation sites (tertiary alicyclic amines) is 1. The molecule has 0 aromatic carbocycles. The summed E-state index contributed by atoms with van der Waals surface area (Å²) >= 11 is 0. The Morgan fingerprint density at radius 1 is 1.10 bits per heavy atom. The Morgan fingerprint density at radius 2 is 1.76 bits per heavy atom. The Bertz CT molecular complexity index is 420. The van der Waals surface area contributed by atoms with Crippen molar-refractivity contribution in [2.45, 2.75) is 19.4 Å². The lowest BCUT2D eigenvalue weighted by Crippen LogP contribution is -2.53. The van der Waals surface area contributed by atoms with Crippen molar-refractivity contribution in [1.29, 1.82) is 0 Å². The van der Waals surface area contributed by atoms with Gasteiger partial charge in [0.05, 0.1) is 6.54 Å². The van der Waals surface area contributed by atoms with E-state index in [1.54, 1.807) is 9.80 Å². The molecule has 2 rings (SSSR count). The van der Waals surface area contributed by atoms with Gasteiger partial charge in [0.2, 0.25) is 5.91 Å². The number of rotatable bonds is 3. The van der Waals surface area contributed by atoms with Crippen LogP contribution in [-0.2, 0) is 9.59 Å². The standard InChI is InChI=1S/C13H22N4O4/c1-10(18)14-11-2-3-17(8-11)13(21)16-6-4-15(5-7-16)9-12(19)20/h11H,2-9H2,1H3,(H,14,18)(H,19,20). The molecule has 2 saturated heterocycles. The molecule has 2 fully saturated rings. The average Bonchev–Trinajstić information content (AvgIpc) is 2.85. The molecule has 0 bridgehead atoms. The molecular formula is C13H22N4O4. The number of nitrogens with one attached hydrogen (secondary N) is 1. The number of piperazine rings is 1. The Morgan fingerprint density at radius 3 is 2.33 bits per heavy atom. The zero-order valence-corrected chi connectivity index (χ0v) is 12.2. The fraction of sp³-hybridized carbons (Fsp3) is 0.769. The number of hydrogen-bond acceptors (Lipinski definition) is 4. The number of carbonyl (C=O) groups is 3. The van der Waals surface area contributed by atoms with Gasteiger partial charge in [-0.3, -0.25) is 14.5 Å². The van der Waals surface area contributed by atoms with Gasteiger partial charge in [-0.15, -0.1) is 0 Å². The van der Waals surface area contributed by atoms with Gasteiger partial charge in [-0.25, -0.2) is 4.79 Å². The van der Waals surface area contributed by atoms with Crippen molar-refractivity contribution in [3.63, 3.8) is 0 Å². The van der Waals surface area contributed by atoms with E-state index in [0.29, 0.717) is 39.3 Å². The number of carboxylic acid groups (broad SMARTS) is 1. The van der Waals surface area contributed by atoms with Crippen LogP contribution in [0.4, 0.5) is 4.79 Å². The van der Waals surface area contributed by atoms with Gasteiger partial charge >= 0.3 is 12.0 Å². The zero-order chi connectivity index (χ0) is 15.4. The van der Waals surface area contributed by atoms with E-state index in [2.05, 4.69) is 5.32 Å². The molecule has 1 atom stereocenters. The summed E-state index contributed by atoms with van der Waals surface area (Å²) in [5, 5.41) is 11.6. The van der Waals surface area contributed by atoms with Gasteiger partial charge in [-0.05, 0) is 6.42 Å². The predicted octanol–water partition coefficient (Wildman–Crippen LogP) is -0.981. The van der Waals surface area contributed by atoms with E-state index in [0.717, 1.165) is 6.42 Å². The molecular weight excluding hydrogens is 276 g/mol. The fourth-order valence-electron chi connectivity index (χ4n) is 2.83. The van der Waals surface area contributed by atoms with Crippen LogP contribution in [0, 0.1) is 0 Å². The van der Waals surface area contributed by atoms with Gasteiger partial charge < -0.3 is 20.2 Å². The van der Waals surface area contributed by atoms with Crippen LogP contribution >= 0.6 is 0 Å². The summed E-state index contributed by atoms with van der Waals surface area (Å²) in [5.74, 6) is -0.913. The van der Waals surface area contributed by atoms with E-state index in [-0.39, 0.29) is 24.5 Å². The van der Waals surface area contributed by atoms with Crippen molar-refractivity contribution in [3.8, 4) is 0 Å². The quantitative estimate of drug-likeness (QED) is 0.698. The maximum atomic E-state index is 12.4. The van der Waals surface area contributed by atoms with Crippen LogP contribution in [0.15, 0.2) is 0 Å². The summed E-state index contributed by atoms with van der Waals surface area (Å²) in [5.41, 5.74) is 0. The van der Waals surface area contributed by atoms with Crippen molar-refractivity contribution in [3.05, 3.63) is 0 Å². The molecule has 2 aliphatic heterocycles. The number of carbonyl (C=O) groups excluding carboxylic acids is 2. The largest absolute Gasteiger partial charge is 0.480 e. The molecule has 118 valence electrons. The zero-order valence-electron chi connectivity index (χ0n) is 12.2. The molecule has 0 aromatic rings. The maximum absolute atomic E-state index is 12.4. The molecule has 0 saturated carbocycles. The Hall–Kier alpha value is -1.83. The van der Waals surface area contributed by atoms with Crippen LogP contribution in [0.3, 0.4) is 0 Å². The molecule has 1 unspecified atom stereocenters. The number of carboxylic acids is 1. The smallest absolute Gasteiger partial charge is 0.320 e. The lowest BCUT2D eigenvalue weighted by atomic mass is 10.2. The molecule has 0 spiro atoms. The van der Waals surface area contributed by atoms with Crippen molar-refractivity contribution in [2.24, 2.45) is 0 Å². The van der Waals surface area contributed by atoms with Gasteiger partial charge in [0.15, 0.2) is 0 Å². The van der Waals surface area contributed by atoms with Gasteiger partial charge in [0.1, 0.15) is 0 Å². The van der Waals surface area contributed by atoms with Crippen molar-refractivity contribution >= 4 is 17.9 Å². The molecule has 0 aromatic heterocycles. The summed E-state index contributed by atoms with van der Waals surface area (Å²) in [7, 11) is 0. The third kappa shape index (κ3) is 4.32. The molecule has 21 heavy (non-hydrogen) atoms. The molecule has 0 aliphatic carbocycles. The molecule has 8 nitrogen and oxygen atoms in total. The van der Waals surface area contributed by atoms with Crippen LogP contribution in [0.2, 0.25) is 0 Å². The van der Waals surface area contributed by atoms with E-state index in [1.807, 2.05) is 4.90 Å². The van der Waals surface area contributed by atoms with Gasteiger partial charge in [0.25, 0.3) is 0 Å². The lowest BCUT2D eigenvalue weighted by molar-refractivity contribution is -0.138. The van der Waals surface area contributed by atoms with E-state index in [9.17, 15) is 14.4 Å². The molecule has 8 heteroatoms. The van der Waals surface area contributed by atoms with E-state index in [4.69, 9.17) is 5.11 Å². The van der Waals surface area contributed by atoms with Crippen molar-refractivity contribution < 1.29 is 19.5 Å². The molecule has 0 radical (unpaired) electrons. The second kappa shape index (κ2) is 6.75. The predicted molar refractivity (Wildman–Crippen MR) is 74.8 cm³/mol. The molecule has 3 amide bonds. The van der Waals surface area contributed by atoms with Crippen molar-refractivity contribution in [2.75, 3.05) is 45.8 Å². The first-order valence-electron chi connectivity index (χ1n) is 7.21. The van der Waals surface area contributed by atoms with E-state index < -0.39 is 5.97 Å². The van der Waals surface area contributed by atoms with E-state index in [1.165, 1.54) is 6.92 Å². The summed E-state index contributed by atoms with van der Waals surface area (Å²) < 4.78 is 0. The van der Waals surface area contributed by atoms with Crippen LogP contribution in [-0.4, -0.2) is 89.6 Å². The third-order valence-electron chi connectivity index (χ3n) is 3.87. The highest BCUT2D eigenvalue weighted by Gasteiger charge is 2.31. The number of hydrogen-bond donors (Lipinski definition) is 2. The minimum absolute atomic E-state index is 0.0159. The number of amides is 3. The normalized spacial score (nSPS) is 23.2. The lowest BCUT2D eigenvalue weighted by Gasteiger charge is -2.36. The minimum atomic E-state index is -0.840. The highest BCUT2D eigenvalue weighted by Crippen LogP contribution is 2.13. The average molecular weight is 298 g/mol. The topological polar surface area (TPSA) is 93.2 Å². The Labute approximate surface area is 123 Å².